The van der Waals surface area contributed by atoms with Crippen molar-refractivity contribution in [3.63, 3.8) is 0 Å². The van der Waals surface area contributed by atoms with Gasteiger partial charge in [0.25, 0.3) is 0 Å². The minimum atomic E-state index is 0.139. The number of likely N-dealkylation sites (tertiary alicyclic amines) is 1. The number of rotatable bonds is 4. The molecule has 2 aromatic carbocycles. The molecule has 146 valence electrons. The van der Waals surface area contributed by atoms with E-state index in [1.165, 1.54) is 0 Å². The second-order valence-electron chi connectivity index (χ2n) is 7.75. The Balaban J connectivity index is 2.01. The number of nitrogens with zero attached hydrogens (tertiary/aromatic N) is 3. The van der Waals surface area contributed by atoms with Crippen LogP contribution in [-0.2, 0) is 4.79 Å². The summed E-state index contributed by atoms with van der Waals surface area (Å²) in [5, 5.41) is 0. The SMILES string of the molecule is CN1C/C(=C/c2ccccc2N(C)C)C(=O)/C(=C/c2ccccc2N(C)C)C1. The number of carbonyl (C=O) groups is 1. The molecule has 2 aromatic rings. The molecule has 0 aliphatic carbocycles. The first-order valence-electron chi connectivity index (χ1n) is 9.54. The van der Waals surface area contributed by atoms with E-state index in [-0.39, 0.29) is 5.78 Å². The van der Waals surface area contributed by atoms with Gasteiger partial charge in [-0.1, -0.05) is 36.4 Å². The minimum Gasteiger partial charge on any atom is -0.377 e. The van der Waals surface area contributed by atoms with Crippen molar-refractivity contribution < 1.29 is 4.79 Å². The van der Waals surface area contributed by atoms with Crippen molar-refractivity contribution in [2.45, 2.75) is 0 Å². The van der Waals surface area contributed by atoms with E-state index in [0.29, 0.717) is 13.1 Å². The van der Waals surface area contributed by atoms with Gasteiger partial charge in [-0.3, -0.25) is 9.69 Å². The van der Waals surface area contributed by atoms with Gasteiger partial charge in [0.05, 0.1) is 0 Å². The van der Waals surface area contributed by atoms with E-state index in [9.17, 15) is 4.79 Å². The summed E-state index contributed by atoms with van der Waals surface area (Å²) in [6.07, 6.45) is 4.08. The Bertz CT molecular complexity index is 851. The van der Waals surface area contributed by atoms with Crippen LogP contribution in [0, 0.1) is 0 Å². The van der Waals surface area contributed by atoms with Crippen molar-refractivity contribution in [3.05, 3.63) is 70.8 Å². The Kier molecular flexibility index (Phi) is 6.00. The number of Topliss-reactive ketones (excluding diaryl/α,β-unsaturated/α-hetero) is 1. The van der Waals surface area contributed by atoms with E-state index < -0.39 is 0 Å². The molecule has 0 radical (unpaired) electrons. The zero-order chi connectivity index (χ0) is 20.3. The van der Waals surface area contributed by atoms with Gasteiger partial charge < -0.3 is 9.80 Å². The van der Waals surface area contributed by atoms with Crippen LogP contribution in [0.3, 0.4) is 0 Å². The zero-order valence-electron chi connectivity index (χ0n) is 17.4. The lowest BCUT2D eigenvalue weighted by molar-refractivity contribution is -0.113. The van der Waals surface area contributed by atoms with E-state index in [1.807, 2.05) is 64.6 Å². The topological polar surface area (TPSA) is 26.8 Å². The van der Waals surface area contributed by atoms with Gasteiger partial charge in [-0.05, 0) is 42.5 Å². The van der Waals surface area contributed by atoms with Crippen LogP contribution in [0.5, 0.6) is 0 Å². The molecule has 4 nitrogen and oxygen atoms in total. The number of hydrogen-bond acceptors (Lipinski definition) is 4. The Hall–Kier alpha value is -2.85. The number of piperidine rings is 1. The van der Waals surface area contributed by atoms with E-state index in [2.05, 4.69) is 46.0 Å². The van der Waals surface area contributed by atoms with E-state index in [0.717, 1.165) is 33.6 Å². The van der Waals surface area contributed by atoms with Gasteiger partial charge in [0, 0.05) is 63.8 Å². The van der Waals surface area contributed by atoms with Crippen molar-refractivity contribution in [1.29, 1.82) is 0 Å². The number of ketones is 1. The van der Waals surface area contributed by atoms with Crippen LogP contribution in [0.25, 0.3) is 12.2 Å². The fraction of sp³-hybridized carbons (Fsp3) is 0.292. The third-order valence-corrected chi connectivity index (χ3v) is 4.96. The van der Waals surface area contributed by atoms with Crippen LogP contribution < -0.4 is 9.80 Å². The molecule has 1 aliphatic rings. The Morgan fingerprint density at radius 3 is 1.54 bits per heavy atom. The van der Waals surface area contributed by atoms with Gasteiger partial charge in [-0.15, -0.1) is 0 Å². The lowest BCUT2D eigenvalue weighted by Crippen LogP contribution is -2.34. The quantitative estimate of drug-likeness (QED) is 0.760. The molecule has 0 N–H and O–H groups in total. The highest BCUT2D eigenvalue weighted by atomic mass is 16.1. The third-order valence-electron chi connectivity index (χ3n) is 4.96. The molecule has 4 heteroatoms. The number of benzene rings is 2. The molecule has 3 rings (SSSR count). The van der Waals surface area contributed by atoms with Gasteiger partial charge >= 0.3 is 0 Å². The van der Waals surface area contributed by atoms with Gasteiger partial charge in [0.1, 0.15) is 0 Å². The fourth-order valence-corrected chi connectivity index (χ4v) is 3.62. The molecule has 0 unspecified atom stereocenters. The standard InChI is InChI=1S/C24H29N3O/c1-25(2)22-12-8-6-10-18(22)14-20-16-27(5)17-21(24(20)28)15-19-11-7-9-13-23(19)26(3)4/h6-15H,16-17H2,1-5H3/b20-14-,21-15+. The summed E-state index contributed by atoms with van der Waals surface area (Å²) in [6.45, 7) is 1.32. The summed E-state index contributed by atoms with van der Waals surface area (Å²) in [7, 11) is 10.2. The first-order valence-corrected chi connectivity index (χ1v) is 9.54. The van der Waals surface area contributed by atoms with Crippen LogP contribution in [0.15, 0.2) is 59.7 Å². The highest BCUT2D eigenvalue weighted by Gasteiger charge is 2.24. The van der Waals surface area contributed by atoms with Crippen molar-refractivity contribution in [2.75, 3.05) is 58.1 Å². The molecule has 0 spiro atoms. The summed E-state index contributed by atoms with van der Waals surface area (Å²) in [6, 6.07) is 16.4. The molecule has 28 heavy (non-hydrogen) atoms. The number of hydrogen-bond donors (Lipinski definition) is 0. The molecular formula is C24H29N3O. The van der Waals surface area contributed by atoms with Crippen molar-refractivity contribution in [1.82, 2.24) is 4.90 Å². The summed E-state index contributed by atoms with van der Waals surface area (Å²) >= 11 is 0. The molecule has 0 aromatic heterocycles. The summed E-state index contributed by atoms with van der Waals surface area (Å²) < 4.78 is 0. The molecular weight excluding hydrogens is 346 g/mol. The Labute approximate surface area is 168 Å². The van der Waals surface area contributed by atoms with E-state index >= 15 is 0 Å². The Morgan fingerprint density at radius 1 is 0.750 bits per heavy atom. The van der Waals surface area contributed by atoms with Gasteiger partial charge in [-0.2, -0.15) is 0 Å². The molecule has 0 amide bonds. The predicted molar refractivity (Wildman–Crippen MR) is 120 cm³/mol. The van der Waals surface area contributed by atoms with Crippen LogP contribution >= 0.6 is 0 Å². The smallest absolute Gasteiger partial charge is 0.187 e. The average molecular weight is 376 g/mol. The molecule has 1 heterocycles. The monoisotopic (exact) mass is 375 g/mol. The average Bonchev–Trinajstić information content (AvgIpc) is 2.66. The van der Waals surface area contributed by atoms with Crippen molar-refractivity contribution in [3.8, 4) is 0 Å². The van der Waals surface area contributed by atoms with Crippen molar-refractivity contribution >= 4 is 29.3 Å². The molecule has 1 aliphatic heterocycles. The minimum absolute atomic E-state index is 0.139. The summed E-state index contributed by atoms with van der Waals surface area (Å²) in [5.74, 6) is 0.139. The van der Waals surface area contributed by atoms with Crippen LogP contribution in [0.4, 0.5) is 11.4 Å². The van der Waals surface area contributed by atoms with Gasteiger partial charge in [-0.25, -0.2) is 0 Å². The van der Waals surface area contributed by atoms with Crippen LogP contribution in [0.2, 0.25) is 0 Å². The number of likely N-dealkylation sites (N-methyl/N-ethyl adjacent to an activating group) is 1. The maximum Gasteiger partial charge on any atom is 0.187 e. The van der Waals surface area contributed by atoms with Gasteiger partial charge in [0.15, 0.2) is 5.78 Å². The Morgan fingerprint density at radius 2 is 1.14 bits per heavy atom. The molecule has 0 saturated carbocycles. The predicted octanol–water partition coefficient (Wildman–Crippen LogP) is 3.80. The zero-order valence-corrected chi connectivity index (χ0v) is 17.4. The molecule has 0 bridgehead atoms. The lowest BCUT2D eigenvalue weighted by atomic mass is 9.94. The number of anilines is 2. The van der Waals surface area contributed by atoms with Crippen LogP contribution in [0.1, 0.15) is 11.1 Å². The summed E-state index contributed by atoms with van der Waals surface area (Å²) in [5.41, 5.74) is 6.02. The largest absolute Gasteiger partial charge is 0.377 e. The first kappa shape index (κ1) is 19.9. The fourth-order valence-electron chi connectivity index (χ4n) is 3.62. The van der Waals surface area contributed by atoms with E-state index in [4.69, 9.17) is 0 Å². The second kappa shape index (κ2) is 8.44. The maximum atomic E-state index is 13.3. The molecule has 1 saturated heterocycles. The number of carbonyl (C=O) groups excluding carboxylic acids is 1. The van der Waals surface area contributed by atoms with Crippen LogP contribution in [-0.4, -0.2) is 59.0 Å². The highest BCUT2D eigenvalue weighted by molar-refractivity contribution is 6.15. The van der Waals surface area contributed by atoms with Crippen molar-refractivity contribution in [2.24, 2.45) is 0 Å². The molecule has 0 atom stereocenters. The van der Waals surface area contributed by atoms with Gasteiger partial charge in [0.2, 0.25) is 0 Å². The lowest BCUT2D eigenvalue weighted by Gasteiger charge is -2.27. The number of para-hydroxylation sites is 2. The summed E-state index contributed by atoms with van der Waals surface area (Å²) in [4.78, 5) is 19.6. The maximum absolute atomic E-state index is 13.3. The highest BCUT2D eigenvalue weighted by Crippen LogP contribution is 2.27. The third kappa shape index (κ3) is 4.34. The normalized spacial score (nSPS) is 18.0. The van der Waals surface area contributed by atoms with E-state index in [1.54, 1.807) is 0 Å². The molecule has 1 fully saturated rings. The second-order valence-corrected chi connectivity index (χ2v) is 7.75. The first-order chi connectivity index (χ1) is 13.4.